The van der Waals surface area contributed by atoms with Crippen LogP contribution in [-0.4, -0.2) is 50.0 Å². The van der Waals surface area contributed by atoms with Gasteiger partial charge in [0.05, 0.1) is 52.2 Å². The third kappa shape index (κ3) is 6.94. The van der Waals surface area contributed by atoms with Crippen molar-refractivity contribution in [1.29, 1.82) is 0 Å². The Morgan fingerprint density at radius 2 is 1.82 bits per heavy atom. The number of ether oxygens (including phenoxy) is 5. The van der Waals surface area contributed by atoms with Crippen molar-refractivity contribution >= 4 is 52.6 Å². The van der Waals surface area contributed by atoms with Crippen molar-refractivity contribution in [2.24, 2.45) is 4.99 Å². The molecule has 0 aliphatic carbocycles. The summed E-state index contributed by atoms with van der Waals surface area (Å²) in [6, 6.07) is 7.24. The molecule has 13 heteroatoms. The Hall–Kier alpha value is -4.24. The van der Waals surface area contributed by atoms with Crippen molar-refractivity contribution < 1.29 is 33.3 Å². The van der Waals surface area contributed by atoms with Crippen LogP contribution >= 0.6 is 34.5 Å². The molecule has 1 aliphatic heterocycles. The lowest BCUT2D eigenvalue weighted by Gasteiger charge is -2.25. The Bertz CT molecular complexity index is 1830. The molecule has 0 spiro atoms. The van der Waals surface area contributed by atoms with E-state index in [-0.39, 0.29) is 53.5 Å². The summed E-state index contributed by atoms with van der Waals surface area (Å²) in [7, 11) is 1.26. The summed E-state index contributed by atoms with van der Waals surface area (Å²) in [4.78, 5) is 43.9. The van der Waals surface area contributed by atoms with Gasteiger partial charge in [-0.3, -0.25) is 9.36 Å². The van der Waals surface area contributed by atoms with Gasteiger partial charge in [0, 0.05) is 0 Å². The van der Waals surface area contributed by atoms with E-state index < -0.39 is 23.5 Å². The number of carbonyl (C=O) groups is 2. The van der Waals surface area contributed by atoms with Crippen LogP contribution in [0.2, 0.25) is 10.0 Å². The van der Waals surface area contributed by atoms with Gasteiger partial charge in [-0.25, -0.2) is 14.6 Å². The minimum Gasteiger partial charge on any atom is -0.490 e. The number of benzene rings is 2. The van der Waals surface area contributed by atoms with E-state index in [2.05, 4.69) is 15.6 Å². The molecule has 0 saturated heterocycles. The maximum atomic E-state index is 14.0. The average Bonchev–Trinajstić information content (AvgIpc) is 3.29. The van der Waals surface area contributed by atoms with E-state index in [1.54, 1.807) is 57.2 Å². The SMILES string of the molecule is C#CCOc1c(Cl)cc(/C=c2\sc3n(c2=O)[C@H](c2ccc(OCC(=O)OC)c(OCC)c2)C(C(=O)OCC)=C(C)N=3)cc1Cl. The van der Waals surface area contributed by atoms with Crippen LogP contribution in [0.5, 0.6) is 17.2 Å². The van der Waals surface area contributed by atoms with E-state index in [0.29, 0.717) is 31.9 Å². The van der Waals surface area contributed by atoms with Crippen LogP contribution in [0.15, 0.2) is 51.4 Å². The number of fused-ring (bicyclic) bond motifs is 1. The second-order valence-corrected chi connectivity index (χ2v) is 10.9. The van der Waals surface area contributed by atoms with Crippen molar-refractivity contribution in [2.45, 2.75) is 26.8 Å². The van der Waals surface area contributed by atoms with Crippen LogP contribution in [0.25, 0.3) is 6.08 Å². The molecule has 0 fully saturated rings. The summed E-state index contributed by atoms with van der Waals surface area (Å²) < 4.78 is 28.6. The molecule has 4 rings (SSSR count). The van der Waals surface area contributed by atoms with E-state index in [4.69, 9.17) is 48.6 Å². The predicted molar refractivity (Wildman–Crippen MR) is 166 cm³/mol. The fourth-order valence-corrected chi connectivity index (χ4v) is 6.11. The molecule has 1 aromatic heterocycles. The number of thiazole rings is 1. The van der Waals surface area contributed by atoms with Gasteiger partial charge in [-0.05, 0) is 62.2 Å². The predicted octanol–water partition coefficient (Wildman–Crippen LogP) is 4.07. The van der Waals surface area contributed by atoms with Crippen molar-refractivity contribution in [3.63, 3.8) is 0 Å². The molecule has 1 aliphatic rings. The maximum Gasteiger partial charge on any atom is 0.343 e. The van der Waals surface area contributed by atoms with E-state index >= 15 is 0 Å². The summed E-state index contributed by atoms with van der Waals surface area (Å²) in [6.07, 6.45) is 6.89. The Morgan fingerprint density at radius 3 is 2.45 bits per heavy atom. The topological polar surface area (TPSA) is 115 Å². The highest BCUT2D eigenvalue weighted by molar-refractivity contribution is 7.07. The number of carbonyl (C=O) groups excluding carboxylic acids is 2. The third-order valence-electron chi connectivity index (χ3n) is 6.29. The summed E-state index contributed by atoms with van der Waals surface area (Å²) in [5.74, 6) is 2.02. The normalized spacial score (nSPS) is 14.3. The molecule has 0 N–H and O–H groups in total. The molecule has 1 atom stereocenters. The number of rotatable bonds is 11. The number of halogens is 2. The van der Waals surface area contributed by atoms with Gasteiger partial charge in [0.2, 0.25) is 0 Å². The van der Waals surface area contributed by atoms with E-state index in [1.807, 2.05) is 0 Å². The van der Waals surface area contributed by atoms with Gasteiger partial charge in [-0.1, -0.05) is 46.5 Å². The van der Waals surface area contributed by atoms with Crippen molar-refractivity contribution in [3.8, 4) is 29.6 Å². The largest absolute Gasteiger partial charge is 0.490 e. The van der Waals surface area contributed by atoms with E-state index in [9.17, 15) is 14.4 Å². The van der Waals surface area contributed by atoms with Gasteiger partial charge in [0.15, 0.2) is 28.7 Å². The summed E-state index contributed by atoms with van der Waals surface area (Å²) in [5.41, 5.74) is 1.26. The van der Waals surface area contributed by atoms with Crippen LogP contribution < -0.4 is 29.1 Å². The first kappa shape index (κ1) is 32.7. The second kappa shape index (κ2) is 14.5. The maximum absolute atomic E-state index is 14.0. The molecule has 0 amide bonds. The van der Waals surface area contributed by atoms with Crippen molar-refractivity contribution in [1.82, 2.24) is 4.57 Å². The lowest BCUT2D eigenvalue weighted by molar-refractivity contribution is -0.143. The number of hydrogen-bond donors (Lipinski definition) is 0. The molecule has 3 aromatic rings. The number of terminal acetylenes is 1. The van der Waals surface area contributed by atoms with E-state index in [0.717, 1.165) is 11.3 Å². The Kier molecular flexibility index (Phi) is 10.8. The zero-order valence-corrected chi connectivity index (χ0v) is 26.6. The number of hydrogen-bond acceptors (Lipinski definition) is 10. The molecule has 0 unspecified atom stereocenters. The van der Waals surface area contributed by atoms with Gasteiger partial charge in [0.25, 0.3) is 5.56 Å². The fourth-order valence-electron chi connectivity index (χ4n) is 4.45. The molecule has 44 heavy (non-hydrogen) atoms. The van der Waals surface area contributed by atoms with E-state index in [1.165, 1.54) is 11.7 Å². The molecule has 10 nitrogen and oxygen atoms in total. The number of esters is 2. The summed E-state index contributed by atoms with van der Waals surface area (Å²) >= 11 is 13.9. The molecule has 230 valence electrons. The smallest absolute Gasteiger partial charge is 0.343 e. The molecule has 0 radical (unpaired) electrons. The van der Waals surface area contributed by atoms with Crippen molar-refractivity contribution in [2.75, 3.05) is 33.5 Å². The Morgan fingerprint density at radius 1 is 1.09 bits per heavy atom. The Labute approximate surface area is 267 Å². The highest BCUT2D eigenvalue weighted by Crippen LogP contribution is 2.37. The van der Waals surface area contributed by atoms with Gasteiger partial charge < -0.3 is 23.7 Å². The van der Waals surface area contributed by atoms with Crippen LogP contribution in [0.1, 0.15) is 37.9 Å². The fraction of sp³-hybridized carbons (Fsp3) is 0.290. The quantitative estimate of drug-likeness (QED) is 0.224. The molecule has 2 heterocycles. The zero-order valence-electron chi connectivity index (χ0n) is 24.3. The third-order valence-corrected chi connectivity index (χ3v) is 7.84. The standard InChI is InChI=1S/C31H28Cl2N2O8S/c1-6-11-42-28-20(32)12-18(13-21(28)33)14-24-29(37)35-27(26(30(38)41-8-3)17(4)34-31(35)44-24)19-9-10-22(23(15-19)40-7-2)43-16-25(36)39-5/h1,9-10,12-15,27H,7-8,11,16H2,2-5H3/b24-14-/t27-/m1/s1. The molecule has 0 bridgehead atoms. The number of allylic oxidation sites excluding steroid dienone is 1. The minimum atomic E-state index is -0.909. The van der Waals surface area contributed by atoms with Gasteiger partial charge in [-0.2, -0.15) is 0 Å². The lowest BCUT2D eigenvalue weighted by Crippen LogP contribution is -2.40. The first-order valence-corrected chi connectivity index (χ1v) is 14.9. The lowest BCUT2D eigenvalue weighted by atomic mass is 9.95. The highest BCUT2D eigenvalue weighted by atomic mass is 35.5. The first-order chi connectivity index (χ1) is 21.1. The highest BCUT2D eigenvalue weighted by Gasteiger charge is 2.34. The number of nitrogens with zero attached hydrogens (tertiary/aromatic N) is 2. The van der Waals surface area contributed by atoms with Crippen LogP contribution in [-0.2, 0) is 19.1 Å². The number of methoxy groups -OCH3 is 1. The van der Waals surface area contributed by atoms with Crippen LogP contribution in [0.4, 0.5) is 0 Å². The average molecular weight is 660 g/mol. The van der Waals surface area contributed by atoms with Crippen LogP contribution in [0.3, 0.4) is 0 Å². The monoisotopic (exact) mass is 658 g/mol. The second-order valence-electron chi connectivity index (χ2n) is 9.11. The van der Waals surface area contributed by atoms with Crippen LogP contribution in [0, 0.1) is 12.3 Å². The molecule has 2 aromatic carbocycles. The molecular formula is C31H28Cl2N2O8S. The first-order valence-electron chi connectivity index (χ1n) is 13.3. The van der Waals surface area contributed by atoms with Gasteiger partial charge in [0.1, 0.15) is 6.61 Å². The Balaban J connectivity index is 1.88. The number of aromatic nitrogens is 1. The van der Waals surface area contributed by atoms with Crippen molar-refractivity contribution in [3.05, 3.63) is 82.5 Å². The molecule has 0 saturated carbocycles. The summed E-state index contributed by atoms with van der Waals surface area (Å²) in [6.45, 7) is 5.24. The van der Waals surface area contributed by atoms with Gasteiger partial charge in [-0.15, -0.1) is 6.42 Å². The summed E-state index contributed by atoms with van der Waals surface area (Å²) in [5, 5.41) is 0.450. The zero-order chi connectivity index (χ0) is 32.0. The molecular weight excluding hydrogens is 631 g/mol. The van der Waals surface area contributed by atoms with Gasteiger partial charge >= 0.3 is 11.9 Å². The minimum absolute atomic E-state index is 0.0110.